The van der Waals surface area contributed by atoms with Crippen LogP contribution in [0.2, 0.25) is 5.02 Å². The Morgan fingerprint density at radius 3 is 2.62 bits per heavy atom. The van der Waals surface area contributed by atoms with Crippen LogP contribution in [0.5, 0.6) is 0 Å². The van der Waals surface area contributed by atoms with Crippen LogP contribution in [0.4, 0.5) is 5.69 Å². The third-order valence-electron chi connectivity index (χ3n) is 2.44. The molecule has 0 bridgehead atoms. The molecule has 0 unspecified atom stereocenters. The van der Waals surface area contributed by atoms with Crippen molar-refractivity contribution < 1.29 is 0 Å². The summed E-state index contributed by atoms with van der Waals surface area (Å²) in [6.07, 6.45) is 1.77. The molecule has 0 aliphatic carbocycles. The second-order valence-corrected chi connectivity index (χ2v) is 5.10. The third-order valence-corrected chi connectivity index (χ3v) is 2.73. The van der Waals surface area contributed by atoms with Gasteiger partial charge in [-0.25, -0.2) is 9.83 Å². The first-order valence-electron chi connectivity index (χ1n) is 4.98. The number of benzene rings is 1. The van der Waals surface area contributed by atoms with Crippen molar-refractivity contribution >= 4 is 28.3 Å². The van der Waals surface area contributed by atoms with E-state index in [2.05, 4.69) is 30.6 Å². The van der Waals surface area contributed by atoms with Gasteiger partial charge < -0.3 is 4.57 Å². The van der Waals surface area contributed by atoms with Crippen molar-refractivity contribution in [2.75, 3.05) is 0 Å². The standard InChI is InChI=1S/C12H12ClN3/c1-12(2,3)16-7-15-11-9(13)5-8(14-4)6-10(11)16/h5-7H,1-3H3. The second-order valence-electron chi connectivity index (χ2n) is 4.69. The van der Waals surface area contributed by atoms with E-state index in [1.54, 1.807) is 12.4 Å². The Labute approximate surface area is 99.5 Å². The summed E-state index contributed by atoms with van der Waals surface area (Å²) >= 11 is 6.09. The van der Waals surface area contributed by atoms with Gasteiger partial charge in [0.1, 0.15) is 5.52 Å². The van der Waals surface area contributed by atoms with Crippen molar-refractivity contribution in [2.24, 2.45) is 0 Å². The van der Waals surface area contributed by atoms with Crippen molar-refractivity contribution in [3.8, 4) is 0 Å². The number of nitrogens with zero attached hydrogens (tertiary/aromatic N) is 3. The lowest BCUT2D eigenvalue weighted by atomic mass is 10.1. The monoisotopic (exact) mass is 233 g/mol. The zero-order chi connectivity index (χ0) is 11.9. The van der Waals surface area contributed by atoms with Crippen LogP contribution in [-0.4, -0.2) is 9.55 Å². The molecule has 0 spiro atoms. The van der Waals surface area contributed by atoms with Gasteiger partial charge >= 0.3 is 0 Å². The maximum Gasteiger partial charge on any atom is 0.190 e. The van der Waals surface area contributed by atoms with Gasteiger partial charge in [-0.2, -0.15) is 0 Å². The molecular formula is C12H12ClN3. The molecule has 2 aromatic rings. The first-order valence-corrected chi connectivity index (χ1v) is 5.36. The Morgan fingerprint density at radius 2 is 2.06 bits per heavy atom. The van der Waals surface area contributed by atoms with Crippen LogP contribution >= 0.6 is 11.6 Å². The topological polar surface area (TPSA) is 22.2 Å². The molecule has 3 nitrogen and oxygen atoms in total. The molecule has 2 rings (SSSR count). The maximum absolute atomic E-state index is 7.03. The van der Waals surface area contributed by atoms with Gasteiger partial charge in [-0.05, 0) is 32.9 Å². The molecule has 82 valence electrons. The summed E-state index contributed by atoms with van der Waals surface area (Å²) < 4.78 is 2.03. The summed E-state index contributed by atoms with van der Waals surface area (Å²) in [5.41, 5.74) is 2.14. The summed E-state index contributed by atoms with van der Waals surface area (Å²) in [4.78, 5) is 7.70. The van der Waals surface area contributed by atoms with Gasteiger partial charge in [0, 0.05) is 5.54 Å². The predicted octanol–water partition coefficient (Wildman–Crippen LogP) is 4.00. The zero-order valence-electron chi connectivity index (χ0n) is 9.45. The first kappa shape index (κ1) is 11.0. The number of rotatable bonds is 0. The lowest BCUT2D eigenvalue weighted by molar-refractivity contribution is 0.408. The molecule has 0 saturated carbocycles. The minimum atomic E-state index is -0.0707. The second kappa shape index (κ2) is 3.50. The molecule has 4 heteroatoms. The van der Waals surface area contributed by atoms with E-state index in [4.69, 9.17) is 18.2 Å². The van der Waals surface area contributed by atoms with Crippen molar-refractivity contribution in [1.82, 2.24) is 9.55 Å². The third kappa shape index (κ3) is 1.66. The predicted molar refractivity (Wildman–Crippen MR) is 66.0 cm³/mol. The fourth-order valence-electron chi connectivity index (χ4n) is 1.66. The number of imidazole rings is 1. The zero-order valence-corrected chi connectivity index (χ0v) is 10.2. The van der Waals surface area contributed by atoms with Crippen LogP contribution in [0.25, 0.3) is 15.9 Å². The SMILES string of the molecule is [C-]#[N+]c1cc(Cl)c2ncn(C(C)(C)C)c2c1. The highest BCUT2D eigenvalue weighted by molar-refractivity contribution is 6.35. The number of hydrogen-bond donors (Lipinski definition) is 0. The normalized spacial score (nSPS) is 11.7. The molecule has 0 N–H and O–H groups in total. The highest BCUT2D eigenvalue weighted by Gasteiger charge is 2.17. The van der Waals surface area contributed by atoms with E-state index >= 15 is 0 Å². The largest absolute Gasteiger partial charge is 0.326 e. The van der Waals surface area contributed by atoms with Gasteiger partial charge in [0.25, 0.3) is 0 Å². The number of halogens is 1. The molecular weight excluding hydrogens is 222 g/mol. The molecule has 0 aliphatic rings. The van der Waals surface area contributed by atoms with Crippen LogP contribution in [0.1, 0.15) is 20.8 Å². The Bertz CT molecular complexity index is 585. The van der Waals surface area contributed by atoms with E-state index in [9.17, 15) is 0 Å². The Hall–Kier alpha value is -1.53. The molecule has 1 aromatic carbocycles. The quantitative estimate of drug-likeness (QED) is 0.631. The Morgan fingerprint density at radius 1 is 1.38 bits per heavy atom. The highest BCUT2D eigenvalue weighted by atomic mass is 35.5. The lowest BCUT2D eigenvalue weighted by Crippen LogP contribution is -2.20. The van der Waals surface area contributed by atoms with E-state index in [0.717, 1.165) is 11.0 Å². The van der Waals surface area contributed by atoms with Crippen molar-refractivity contribution in [3.63, 3.8) is 0 Å². The van der Waals surface area contributed by atoms with Crippen LogP contribution in [-0.2, 0) is 5.54 Å². The Balaban J connectivity index is 2.82. The molecule has 16 heavy (non-hydrogen) atoms. The molecule has 0 aliphatic heterocycles. The average molecular weight is 234 g/mol. The molecule has 0 radical (unpaired) electrons. The van der Waals surface area contributed by atoms with E-state index in [-0.39, 0.29) is 5.54 Å². The van der Waals surface area contributed by atoms with Gasteiger partial charge in [-0.1, -0.05) is 11.6 Å². The average Bonchev–Trinajstić information content (AvgIpc) is 2.60. The summed E-state index contributed by atoms with van der Waals surface area (Å²) in [5, 5.41) is 0.534. The number of fused-ring (bicyclic) bond motifs is 1. The van der Waals surface area contributed by atoms with Gasteiger partial charge in [0.15, 0.2) is 5.69 Å². The number of hydrogen-bond acceptors (Lipinski definition) is 1. The first-order chi connectivity index (χ1) is 7.43. The van der Waals surface area contributed by atoms with Crippen LogP contribution in [0.15, 0.2) is 18.5 Å². The Kier molecular flexibility index (Phi) is 2.40. The summed E-state index contributed by atoms with van der Waals surface area (Å²) in [7, 11) is 0. The van der Waals surface area contributed by atoms with Crippen LogP contribution in [0, 0.1) is 6.57 Å². The van der Waals surface area contributed by atoms with Crippen LogP contribution < -0.4 is 0 Å². The fourth-order valence-corrected chi connectivity index (χ4v) is 1.92. The lowest BCUT2D eigenvalue weighted by Gasteiger charge is -2.21. The molecule has 0 fully saturated rings. The molecule has 1 aromatic heterocycles. The van der Waals surface area contributed by atoms with E-state index in [0.29, 0.717) is 10.7 Å². The smallest absolute Gasteiger partial charge is 0.190 e. The molecule has 0 atom stereocenters. The van der Waals surface area contributed by atoms with Crippen LogP contribution in [0.3, 0.4) is 0 Å². The minimum absolute atomic E-state index is 0.0707. The van der Waals surface area contributed by atoms with E-state index in [1.165, 1.54) is 0 Å². The molecule has 0 amide bonds. The summed E-state index contributed by atoms with van der Waals surface area (Å²) in [5.74, 6) is 0. The van der Waals surface area contributed by atoms with Crippen molar-refractivity contribution in [3.05, 3.63) is 34.9 Å². The fraction of sp³-hybridized carbons (Fsp3) is 0.333. The van der Waals surface area contributed by atoms with Gasteiger partial charge in [0.2, 0.25) is 0 Å². The van der Waals surface area contributed by atoms with Crippen molar-refractivity contribution in [1.29, 1.82) is 0 Å². The van der Waals surface area contributed by atoms with Gasteiger partial charge in [-0.15, -0.1) is 0 Å². The molecule has 0 saturated heterocycles. The van der Waals surface area contributed by atoms with Crippen molar-refractivity contribution in [2.45, 2.75) is 26.3 Å². The highest BCUT2D eigenvalue weighted by Crippen LogP contribution is 2.31. The summed E-state index contributed by atoms with van der Waals surface area (Å²) in [6.45, 7) is 13.3. The van der Waals surface area contributed by atoms with E-state index in [1.807, 2.05) is 10.6 Å². The number of aromatic nitrogens is 2. The minimum Gasteiger partial charge on any atom is -0.326 e. The van der Waals surface area contributed by atoms with E-state index < -0.39 is 0 Å². The maximum atomic E-state index is 7.03. The molecule has 1 heterocycles. The van der Waals surface area contributed by atoms with Gasteiger partial charge in [0.05, 0.1) is 23.4 Å². The van der Waals surface area contributed by atoms with Gasteiger partial charge in [-0.3, -0.25) is 0 Å². The summed E-state index contributed by atoms with van der Waals surface area (Å²) in [6, 6.07) is 3.48.